The highest BCUT2D eigenvalue weighted by molar-refractivity contribution is 5.28. The molecule has 1 aromatic rings. The van der Waals surface area contributed by atoms with Crippen molar-refractivity contribution in [2.75, 3.05) is 0 Å². The molecule has 0 heterocycles. The number of allylic oxidation sites excluding steroid dienone is 4. The van der Waals surface area contributed by atoms with Crippen molar-refractivity contribution in [1.82, 2.24) is 0 Å². The molecule has 2 aliphatic rings. The van der Waals surface area contributed by atoms with Crippen molar-refractivity contribution in [3.8, 4) is 0 Å². The maximum atomic E-state index is 2.47. The molecule has 1 aromatic carbocycles. The van der Waals surface area contributed by atoms with Crippen LogP contribution in [0.1, 0.15) is 114 Å². The molecule has 0 N–H and O–H groups in total. The fourth-order valence-electron chi connectivity index (χ4n) is 5.61. The average Bonchev–Trinajstić information content (AvgIpc) is 2.75. The van der Waals surface area contributed by atoms with Gasteiger partial charge in [0.15, 0.2) is 0 Å². The number of benzene rings is 1. The molecule has 28 heavy (non-hydrogen) atoms. The molecule has 0 unspecified atom stereocenters. The molecule has 0 aliphatic heterocycles. The molecule has 0 nitrogen and oxygen atoms in total. The zero-order valence-electron chi connectivity index (χ0n) is 18.4. The fourth-order valence-corrected chi connectivity index (χ4v) is 5.61. The molecule has 2 saturated carbocycles. The highest BCUT2D eigenvalue weighted by atomic mass is 14.3. The van der Waals surface area contributed by atoms with Gasteiger partial charge in [-0.15, -0.1) is 0 Å². The summed E-state index contributed by atoms with van der Waals surface area (Å²) in [6.45, 7) is 4.27. The summed E-state index contributed by atoms with van der Waals surface area (Å²) in [6.07, 6.45) is 25.7. The Bertz CT molecular complexity index is 534. The van der Waals surface area contributed by atoms with Crippen molar-refractivity contribution in [1.29, 1.82) is 0 Å². The van der Waals surface area contributed by atoms with E-state index in [2.05, 4.69) is 62.4 Å². The molecule has 3 rings (SSSR count). The van der Waals surface area contributed by atoms with Crippen LogP contribution in [-0.2, 0) is 0 Å². The van der Waals surface area contributed by atoms with E-state index in [1.165, 1.54) is 77.0 Å². The molecule has 0 amide bonds. The van der Waals surface area contributed by atoms with Gasteiger partial charge in [-0.25, -0.2) is 0 Å². The lowest BCUT2D eigenvalue weighted by Crippen LogP contribution is -2.14. The first kappa shape index (κ1) is 21.4. The summed E-state index contributed by atoms with van der Waals surface area (Å²) in [5, 5.41) is 0. The monoisotopic (exact) mass is 378 g/mol. The van der Waals surface area contributed by atoms with Gasteiger partial charge >= 0.3 is 0 Å². The summed E-state index contributed by atoms with van der Waals surface area (Å²) in [5.41, 5.74) is 3.21. The van der Waals surface area contributed by atoms with Crippen LogP contribution in [0.15, 0.2) is 48.6 Å². The minimum atomic E-state index is 0.814. The molecule has 0 spiro atoms. The molecular formula is C28H42. The first-order chi connectivity index (χ1) is 13.8. The van der Waals surface area contributed by atoms with Gasteiger partial charge in [0, 0.05) is 0 Å². The highest BCUT2D eigenvalue weighted by Gasteiger charge is 2.24. The molecule has 0 radical (unpaired) electrons. The van der Waals surface area contributed by atoms with Gasteiger partial charge in [-0.2, -0.15) is 0 Å². The van der Waals surface area contributed by atoms with Gasteiger partial charge in [0.1, 0.15) is 0 Å². The van der Waals surface area contributed by atoms with E-state index in [-0.39, 0.29) is 0 Å². The first-order valence-electron chi connectivity index (χ1n) is 12.1. The molecule has 0 atom stereocenters. The van der Waals surface area contributed by atoms with Crippen LogP contribution in [0.2, 0.25) is 0 Å². The van der Waals surface area contributed by atoms with Crippen molar-refractivity contribution in [3.05, 3.63) is 59.7 Å². The van der Waals surface area contributed by atoms with E-state index >= 15 is 0 Å². The largest absolute Gasteiger partial charge is 0.0917 e. The summed E-state index contributed by atoms with van der Waals surface area (Å²) in [5.74, 6) is 3.56. The second-order valence-electron chi connectivity index (χ2n) is 9.39. The van der Waals surface area contributed by atoms with E-state index < -0.39 is 0 Å². The van der Waals surface area contributed by atoms with Gasteiger partial charge in [0.05, 0.1) is 0 Å². The summed E-state index contributed by atoms with van der Waals surface area (Å²) in [7, 11) is 0. The molecule has 0 aromatic heterocycles. The van der Waals surface area contributed by atoms with Crippen molar-refractivity contribution in [3.63, 3.8) is 0 Å². The minimum absolute atomic E-state index is 0.814. The molecule has 154 valence electrons. The normalized spacial score (nSPS) is 28.9. The van der Waals surface area contributed by atoms with Crippen molar-refractivity contribution in [2.24, 2.45) is 11.8 Å². The number of hydrogen-bond acceptors (Lipinski definition) is 0. The summed E-state index contributed by atoms with van der Waals surface area (Å²) in [4.78, 5) is 0. The second-order valence-corrected chi connectivity index (χ2v) is 9.39. The molecular weight excluding hydrogens is 336 g/mol. The third-order valence-electron chi connectivity index (χ3n) is 7.53. The van der Waals surface area contributed by atoms with Crippen LogP contribution in [0.25, 0.3) is 0 Å². The second kappa shape index (κ2) is 11.6. The number of hydrogen-bond donors (Lipinski definition) is 0. The topological polar surface area (TPSA) is 0 Å². The van der Waals surface area contributed by atoms with E-state index in [0.29, 0.717) is 0 Å². The van der Waals surface area contributed by atoms with Crippen LogP contribution in [0.3, 0.4) is 0 Å². The summed E-state index contributed by atoms with van der Waals surface area (Å²) < 4.78 is 0. The maximum Gasteiger partial charge on any atom is -0.0162 e. The van der Waals surface area contributed by atoms with Crippen LogP contribution in [0, 0.1) is 11.8 Å². The van der Waals surface area contributed by atoms with E-state index in [4.69, 9.17) is 0 Å². The van der Waals surface area contributed by atoms with Crippen LogP contribution < -0.4 is 0 Å². The average molecular weight is 379 g/mol. The Morgan fingerprint density at radius 3 is 1.29 bits per heavy atom. The smallest absolute Gasteiger partial charge is 0.0162 e. The van der Waals surface area contributed by atoms with Crippen LogP contribution in [-0.4, -0.2) is 0 Å². The first-order valence-corrected chi connectivity index (χ1v) is 12.1. The number of rotatable bonds is 8. The van der Waals surface area contributed by atoms with Gasteiger partial charge in [-0.3, -0.25) is 0 Å². The molecule has 0 bridgehead atoms. The quantitative estimate of drug-likeness (QED) is 0.396. The Balaban J connectivity index is 1.43. The SMILES string of the molecule is C/C=C/CCC1CCC(c2ccc(C3CCC(CC/C=C/C)CC3)cc2)CC1. The van der Waals surface area contributed by atoms with Gasteiger partial charge in [-0.05, 0) is 126 Å². The van der Waals surface area contributed by atoms with E-state index in [0.717, 1.165) is 23.7 Å². The van der Waals surface area contributed by atoms with Gasteiger partial charge in [0.25, 0.3) is 0 Å². The predicted octanol–water partition coefficient (Wildman–Crippen LogP) is 8.95. The Kier molecular flexibility index (Phi) is 8.90. The van der Waals surface area contributed by atoms with Crippen LogP contribution in [0.4, 0.5) is 0 Å². The van der Waals surface area contributed by atoms with Gasteiger partial charge in [-0.1, -0.05) is 48.6 Å². The van der Waals surface area contributed by atoms with Crippen LogP contribution in [0.5, 0.6) is 0 Å². The molecule has 0 saturated heterocycles. The van der Waals surface area contributed by atoms with E-state index in [1.807, 2.05) is 0 Å². The lowest BCUT2D eigenvalue weighted by Gasteiger charge is -2.30. The maximum absolute atomic E-state index is 2.47. The van der Waals surface area contributed by atoms with E-state index in [1.54, 1.807) is 11.1 Å². The highest BCUT2D eigenvalue weighted by Crippen LogP contribution is 2.40. The van der Waals surface area contributed by atoms with Crippen molar-refractivity contribution in [2.45, 2.75) is 103 Å². The standard InChI is InChI=1S/C28H42/c1-3-5-7-9-23-11-15-25(16-12-23)27-19-21-28(22-20-27)26-17-13-24(14-18-26)10-8-6-4-2/h3-6,19-26H,7-18H2,1-2H3/b5-3+,6-4+. The summed E-state index contributed by atoms with van der Waals surface area (Å²) in [6, 6.07) is 9.88. The Labute approximate surface area is 174 Å². The Hall–Kier alpha value is -1.30. The third kappa shape index (κ3) is 6.36. The zero-order valence-corrected chi connectivity index (χ0v) is 18.4. The van der Waals surface area contributed by atoms with Gasteiger partial charge in [0.2, 0.25) is 0 Å². The predicted molar refractivity (Wildman–Crippen MR) is 124 cm³/mol. The lowest BCUT2D eigenvalue weighted by atomic mass is 9.75. The van der Waals surface area contributed by atoms with Crippen LogP contribution >= 0.6 is 0 Å². The molecule has 2 fully saturated rings. The van der Waals surface area contributed by atoms with Crippen molar-refractivity contribution >= 4 is 0 Å². The molecule has 0 heteroatoms. The minimum Gasteiger partial charge on any atom is -0.0917 e. The lowest BCUT2D eigenvalue weighted by molar-refractivity contribution is 0.310. The Morgan fingerprint density at radius 2 is 0.964 bits per heavy atom. The molecule has 2 aliphatic carbocycles. The zero-order chi connectivity index (χ0) is 19.6. The van der Waals surface area contributed by atoms with Crippen molar-refractivity contribution < 1.29 is 0 Å². The van der Waals surface area contributed by atoms with Gasteiger partial charge < -0.3 is 0 Å². The Morgan fingerprint density at radius 1 is 0.607 bits per heavy atom. The third-order valence-corrected chi connectivity index (χ3v) is 7.53. The fraction of sp³-hybridized carbons (Fsp3) is 0.643. The van der Waals surface area contributed by atoms with E-state index in [9.17, 15) is 0 Å². The summed E-state index contributed by atoms with van der Waals surface area (Å²) >= 11 is 0.